The maximum Gasteiger partial charge on any atom is 0.260 e. The normalized spacial score (nSPS) is 10.9. The zero-order valence-electron chi connectivity index (χ0n) is 17.9. The van der Waals surface area contributed by atoms with Crippen LogP contribution in [-0.4, -0.2) is 35.7 Å². The van der Waals surface area contributed by atoms with E-state index in [0.717, 1.165) is 0 Å². The Hall–Kier alpha value is -5.50. The summed E-state index contributed by atoms with van der Waals surface area (Å²) in [6.45, 7) is 0. The van der Waals surface area contributed by atoms with Crippen LogP contribution in [0.5, 0.6) is 5.75 Å². The van der Waals surface area contributed by atoms with Crippen LogP contribution in [0.15, 0.2) is 89.7 Å². The van der Waals surface area contributed by atoms with Crippen molar-refractivity contribution in [3.8, 4) is 17.8 Å². The Bertz CT molecular complexity index is 1610. The highest BCUT2D eigenvalue weighted by atomic mass is 16.3. The first-order valence-electron chi connectivity index (χ1n) is 10.3. The number of fused-ring (bicyclic) bond motifs is 1. The van der Waals surface area contributed by atoms with E-state index < -0.39 is 5.91 Å². The molecular weight excluding hydrogens is 446 g/mol. The maximum absolute atomic E-state index is 13.1. The van der Waals surface area contributed by atoms with E-state index in [0.29, 0.717) is 16.5 Å². The number of benzene rings is 2. The molecule has 11 nitrogen and oxygen atoms in total. The zero-order valence-corrected chi connectivity index (χ0v) is 17.9. The summed E-state index contributed by atoms with van der Waals surface area (Å²) in [6.07, 6.45) is 7.47. The number of nitrogens with one attached hydrogen (secondary N) is 1. The van der Waals surface area contributed by atoms with E-state index >= 15 is 0 Å². The highest BCUT2D eigenvalue weighted by Crippen LogP contribution is 2.38. The standard InChI is InChI=1S/C24H15N9O2/c25-13-16-14-29-33(24-27-8-3-9-28-24)22(16)32-31-19-12-15-4-1-2-5-18(15)20(21(19)34)23(35)30-17-6-10-26-11-7-17/h1-12,14,34H,(H,26,30,35)/b32-31+. The smallest absolute Gasteiger partial charge is 0.260 e. The number of pyridine rings is 1. The molecule has 3 aromatic heterocycles. The molecule has 0 atom stereocenters. The van der Waals surface area contributed by atoms with Gasteiger partial charge in [-0.3, -0.25) is 9.78 Å². The minimum Gasteiger partial charge on any atom is -0.505 e. The number of phenolic OH excluding ortho intramolecular Hbond substituents is 1. The van der Waals surface area contributed by atoms with Crippen molar-refractivity contribution < 1.29 is 9.90 Å². The third-order valence-electron chi connectivity index (χ3n) is 5.03. The van der Waals surface area contributed by atoms with Gasteiger partial charge in [0.25, 0.3) is 11.9 Å². The average molecular weight is 461 g/mol. The number of hydrogen-bond donors (Lipinski definition) is 2. The van der Waals surface area contributed by atoms with Gasteiger partial charge in [0, 0.05) is 30.5 Å². The number of carbonyl (C=O) groups excluding carboxylic acids is 1. The molecule has 3 heterocycles. The first-order chi connectivity index (χ1) is 17.2. The molecule has 2 aromatic carbocycles. The van der Waals surface area contributed by atoms with E-state index in [9.17, 15) is 15.2 Å². The number of nitriles is 1. The Morgan fingerprint density at radius 2 is 1.80 bits per heavy atom. The summed E-state index contributed by atoms with van der Waals surface area (Å²) in [5.74, 6) is -0.612. The molecule has 0 radical (unpaired) electrons. The van der Waals surface area contributed by atoms with Gasteiger partial charge in [0.05, 0.1) is 11.8 Å². The number of hydrogen-bond acceptors (Lipinski definition) is 9. The lowest BCUT2D eigenvalue weighted by atomic mass is 10.0. The van der Waals surface area contributed by atoms with Crippen LogP contribution in [0.3, 0.4) is 0 Å². The lowest BCUT2D eigenvalue weighted by Gasteiger charge is -2.12. The Balaban J connectivity index is 1.60. The van der Waals surface area contributed by atoms with Gasteiger partial charge in [-0.25, -0.2) is 9.97 Å². The van der Waals surface area contributed by atoms with E-state index in [1.165, 1.54) is 23.3 Å². The molecule has 1 amide bonds. The minimum absolute atomic E-state index is 0.0363. The molecule has 0 bridgehead atoms. The van der Waals surface area contributed by atoms with E-state index in [2.05, 4.69) is 35.6 Å². The van der Waals surface area contributed by atoms with Gasteiger partial charge >= 0.3 is 0 Å². The number of carbonyl (C=O) groups is 1. The predicted octanol–water partition coefficient (Wildman–Crippen LogP) is 4.46. The fourth-order valence-corrected chi connectivity index (χ4v) is 3.42. The van der Waals surface area contributed by atoms with Crippen LogP contribution in [0.2, 0.25) is 0 Å². The summed E-state index contributed by atoms with van der Waals surface area (Å²) in [5, 5.41) is 36.9. The van der Waals surface area contributed by atoms with Crippen molar-refractivity contribution in [2.24, 2.45) is 10.2 Å². The zero-order chi connectivity index (χ0) is 24.2. The molecule has 0 saturated heterocycles. The predicted molar refractivity (Wildman–Crippen MR) is 126 cm³/mol. The number of rotatable bonds is 5. The van der Waals surface area contributed by atoms with Crippen LogP contribution >= 0.6 is 0 Å². The fourth-order valence-electron chi connectivity index (χ4n) is 3.42. The van der Waals surface area contributed by atoms with Gasteiger partial charge in [0.1, 0.15) is 17.3 Å². The maximum atomic E-state index is 13.1. The van der Waals surface area contributed by atoms with Gasteiger partial charge in [-0.1, -0.05) is 24.3 Å². The Labute approximate surface area is 198 Å². The molecule has 11 heteroatoms. The average Bonchev–Trinajstić information content (AvgIpc) is 3.31. The van der Waals surface area contributed by atoms with Crippen molar-refractivity contribution in [3.63, 3.8) is 0 Å². The Morgan fingerprint density at radius 3 is 2.57 bits per heavy atom. The first-order valence-corrected chi connectivity index (χ1v) is 10.3. The summed E-state index contributed by atoms with van der Waals surface area (Å²) in [7, 11) is 0. The molecule has 2 N–H and O–H groups in total. The van der Waals surface area contributed by atoms with Gasteiger partial charge in [-0.2, -0.15) is 15.0 Å². The topological polar surface area (TPSA) is 154 Å². The Kier molecular flexibility index (Phi) is 5.59. The lowest BCUT2D eigenvalue weighted by Crippen LogP contribution is -2.12. The molecule has 0 aliphatic carbocycles. The second kappa shape index (κ2) is 9.16. The highest BCUT2D eigenvalue weighted by Gasteiger charge is 2.20. The number of phenols is 1. The second-order valence-electron chi connectivity index (χ2n) is 7.18. The highest BCUT2D eigenvalue weighted by molar-refractivity contribution is 6.16. The molecule has 35 heavy (non-hydrogen) atoms. The molecule has 0 fully saturated rings. The van der Waals surface area contributed by atoms with Crippen molar-refractivity contribution in [3.05, 3.63) is 90.6 Å². The summed E-state index contributed by atoms with van der Waals surface area (Å²) < 4.78 is 1.26. The molecule has 5 rings (SSSR count). The van der Waals surface area contributed by atoms with E-state index in [-0.39, 0.29) is 34.3 Å². The van der Waals surface area contributed by atoms with Crippen molar-refractivity contribution >= 4 is 33.9 Å². The SMILES string of the molecule is N#Cc1cnn(-c2ncccn2)c1/N=N/c1cc2ccccc2c(C(=O)Nc2ccncc2)c1O. The molecule has 0 unspecified atom stereocenters. The molecule has 0 aliphatic heterocycles. The third-order valence-corrected chi connectivity index (χ3v) is 5.03. The van der Waals surface area contributed by atoms with Crippen LogP contribution < -0.4 is 5.32 Å². The van der Waals surface area contributed by atoms with Crippen LogP contribution in [0.25, 0.3) is 16.7 Å². The van der Waals surface area contributed by atoms with Crippen LogP contribution in [0.4, 0.5) is 17.2 Å². The summed E-state index contributed by atoms with van der Waals surface area (Å²) in [6, 6.07) is 15.6. The molecular formula is C24H15N9O2. The molecule has 0 spiro atoms. The molecule has 5 aromatic rings. The van der Waals surface area contributed by atoms with Gasteiger partial charge in [0.15, 0.2) is 11.6 Å². The van der Waals surface area contributed by atoms with Crippen LogP contribution in [0.1, 0.15) is 15.9 Å². The third kappa shape index (κ3) is 4.14. The van der Waals surface area contributed by atoms with Crippen molar-refractivity contribution in [2.75, 3.05) is 5.32 Å². The van der Waals surface area contributed by atoms with Gasteiger partial charge < -0.3 is 10.4 Å². The van der Waals surface area contributed by atoms with Crippen LogP contribution in [0, 0.1) is 11.3 Å². The molecule has 0 aliphatic rings. The summed E-state index contributed by atoms with van der Waals surface area (Å²) in [5.41, 5.74) is 0.728. The number of aromatic nitrogens is 5. The quantitative estimate of drug-likeness (QED) is 0.366. The fraction of sp³-hybridized carbons (Fsp3) is 0. The van der Waals surface area contributed by atoms with Crippen molar-refractivity contribution in [1.82, 2.24) is 24.7 Å². The number of anilines is 1. The van der Waals surface area contributed by atoms with Crippen LogP contribution in [-0.2, 0) is 0 Å². The lowest BCUT2D eigenvalue weighted by molar-refractivity contribution is 0.102. The van der Waals surface area contributed by atoms with Crippen molar-refractivity contribution in [2.45, 2.75) is 0 Å². The second-order valence-corrected chi connectivity index (χ2v) is 7.18. The summed E-state index contributed by atoms with van der Waals surface area (Å²) in [4.78, 5) is 25.3. The van der Waals surface area contributed by atoms with Gasteiger partial charge in [-0.15, -0.1) is 10.2 Å². The largest absolute Gasteiger partial charge is 0.505 e. The molecule has 0 saturated carbocycles. The molecule has 168 valence electrons. The monoisotopic (exact) mass is 461 g/mol. The first kappa shape index (κ1) is 21.4. The minimum atomic E-state index is -0.526. The van der Waals surface area contributed by atoms with E-state index in [1.54, 1.807) is 60.9 Å². The van der Waals surface area contributed by atoms with Crippen molar-refractivity contribution in [1.29, 1.82) is 5.26 Å². The number of azo groups is 1. The number of aromatic hydroxyl groups is 1. The Morgan fingerprint density at radius 1 is 1.03 bits per heavy atom. The van der Waals surface area contributed by atoms with E-state index in [4.69, 9.17) is 0 Å². The van der Waals surface area contributed by atoms with Gasteiger partial charge in [-0.05, 0) is 35.0 Å². The number of nitrogens with zero attached hydrogens (tertiary/aromatic N) is 8. The van der Waals surface area contributed by atoms with E-state index in [1.807, 2.05) is 6.07 Å². The number of amides is 1. The van der Waals surface area contributed by atoms with Gasteiger partial charge in [0.2, 0.25) is 0 Å². The summed E-state index contributed by atoms with van der Waals surface area (Å²) >= 11 is 0.